The van der Waals surface area contributed by atoms with Crippen molar-refractivity contribution in [2.75, 3.05) is 85.6 Å². The van der Waals surface area contributed by atoms with Crippen LogP contribution in [-0.4, -0.2) is 238 Å². The standard InChI is InChI=1S/C24H25N9O.C23H23N9O.C23H22N6O.CH4O.3CH3.N3.Sn/c1-15(34)33-9-7-32(8-10-33)14-16-3-6-20-18(11-16)13-22(25-20)23-19-5-4-17(12-21(19)26-27-23)24-28-30-31(2)29-24;1-14(33)32-8-6-31(7-9-32)13-15-2-5-19-17(10-15)12-21(24-19)22-18-4-3-16(11-20(18)25-26-22)23-27-29-30-28-23;1-15(30)29-8-6-28(7-9-29)14-17-3-5-20-18(10-17)12-22(25-20)23-19-4-2-16(13-24)11-21(19)26-27-23;1-2;;;;1-3-2;/h3-6,11-13H,7-10,14H2,1-2H3,(H2,25,26,27,28,29,30);2-5,10-12,24H,6-9,13H2,1H3,(H,25,26)(H,27,28,29,30);2-5,10-12,25H,6-9,14H2,1H3,(H,26,27);2H,1H3;3*1H3;;/q;;;;;;;-1;+1/p+1. The fourth-order valence-corrected chi connectivity index (χ4v) is 14.3. The first-order valence-corrected chi connectivity index (χ1v) is 44.9. The molecule has 8 aromatic heterocycles. The summed E-state index contributed by atoms with van der Waals surface area (Å²) in [4.78, 5) is 68.5. The summed E-state index contributed by atoms with van der Waals surface area (Å²) >= 11 is -2.07. The van der Waals surface area contributed by atoms with E-state index in [0.29, 0.717) is 17.2 Å². The Labute approximate surface area is 613 Å². The number of aromatic nitrogens is 17. The van der Waals surface area contributed by atoms with Gasteiger partial charge in [0.05, 0.1) is 55.9 Å². The third-order valence-corrected chi connectivity index (χ3v) is 21.0. The van der Waals surface area contributed by atoms with E-state index in [9.17, 15) is 14.4 Å². The molecule has 0 unspecified atom stereocenters. The molecule has 17 rings (SSSR count). The Morgan fingerprint density at radius 1 is 0.509 bits per heavy atom. The number of piperazine rings is 3. The second kappa shape index (κ2) is 32.1. The Morgan fingerprint density at radius 3 is 1.23 bits per heavy atom. The van der Waals surface area contributed by atoms with Crippen LogP contribution in [0.5, 0.6) is 0 Å². The minimum absolute atomic E-state index is 0.158. The number of azide groups is 1. The van der Waals surface area contributed by atoms with Crippen LogP contribution in [0.15, 0.2) is 131 Å². The van der Waals surface area contributed by atoms with Crippen molar-refractivity contribution in [1.82, 2.24) is 111 Å². The van der Waals surface area contributed by atoms with Crippen LogP contribution in [0.25, 0.3) is 133 Å². The number of rotatable bonds is 12. The fourth-order valence-electron chi connectivity index (χ4n) is 13.5. The van der Waals surface area contributed by atoms with E-state index >= 15 is 0 Å². The fraction of sp³-hybridized carbons (Fsp3) is 0.311. The second-order valence-electron chi connectivity index (χ2n) is 27.5. The zero-order valence-electron chi connectivity index (χ0n) is 60.4. The molecule has 3 aliphatic rings. The van der Waals surface area contributed by atoms with Gasteiger partial charge in [0.15, 0.2) is 0 Å². The SMILES string of the molecule is CC(=O)N1CCN(Cc2ccc3[nH]c(-c4n[nH]c5cc(-c6n[nH][n+](C)n6)ccc45)cc3c2)CC1.CC(=O)N1CCN(Cc2ccc3[nH]c(-c4n[nH]c5cc(-c6nn[nH]n6)ccc45)cc3c2)CC1.CC(=O)N1CCN(Cc2ccc3[nH]c(-c4n[nH]c5cc(C#N)ccc45)cc3c2)CC1.CO.[CH3][Sn]([CH3])([CH3])[N]=[N+]=[N-]. The first-order valence-electron chi connectivity index (χ1n) is 35.0. The summed E-state index contributed by atoms with van der Waals surface area (Å²) in [7, 11) is 2.80. The van der Waals surface area contributed by atoms with Crippen molar-refractivity contribution in [3.8, 4) is 63.0 Å². The average molecular weight is 1530 g/mol. The Morgan fingerprint density at radius 2 is 0.896 bits per heavy atom. The van der Waals surface area contributed by atoms with Gasteiger partial charge in [-0.05, 0) is 135 Å². The number of nitriles is 1. The number of amides is 3. The summed E-state index contributed by atoms with van der Waals surface area (Å²) < 4.78 is 3.65. The number of hydrogen-bond donors (Lipinski definition) is 9. The van der Waals surface area contributed by atoms with Crippen molar-refractivity contribution in [2.45, 2.75) is 55.2 Å². The van der Waals surface area contributed by atoms with Crippen LogP contribution in [0.2, 0.25) is 14.8 Å². The number of nitrogens with zero attached hydrogens (tertiary/aromatic N) is 19. The molecule has 0 spiro atoms. The van der Waals surface area contributed by atoms with Crippen LogP contribution in [0.3, 0.4) is 0 Å². The molecular weight excluding hydrogens is 1450 g/mol. The normalized spacial score (nSPS) is 14.4. The molecule has 0 aliphatic carbocycles. The number of aromatic amines is 8. The molecule has 0 saturated carbocycles. The van der Waals surface area contributed by atoms with Crippen molar-refractivity contribution in [3.05, 3.63) is 160 Å². The number of carbonyl (C=O) groups excluding carboxylic acids is 3. The van der Waals surface area contributed by atoms with Gasteiger partial charge in [-0.15, -0.1) is 10.2 Å². The predicted octanol–water partition coefficient (Wildman–Crippen LogP) is 9.53. The number of benzene rings is 6. The molecule has 542 valence electrons. The number of aliphatic hydroxyl groups excluding tert-OH is 1. The summed E-state index contributed by atoms with van der Waals surface area (Å²) in [5.41, 5.74) is 25.6. The number of hydrogen-bond acceptors (Lipinski definition) is 17. The Hall–Kier alpha value is -11.7. The number of aryl methyl sites for hydroxylation is 1. The van der Waals surface area contributed by atoms with E-state index in [1.54, 1.807) is 32.6 Å². The Kier molecular flexibility index (Phi) is 22.0. The molecule has 11 heterocycles. The number of H-pyrrole nitrogens is 8. The zero-order valence-corrected chi connectivity index (χ0v) is 63.3. The Bertz CT molecular complexity index is 5540. The van der Waals surface area contributed by atoms with Crippen LogP contribution >= 0.6 is 0 Å². The van der Waals surface area contributed by atoms with Gasteiger partial charge in [0.1, 0.15) is 24.1 Å². The second-order valence-corrected chi connectivity index (χ2v) is 40.5. The maximum absolute atomic E-state index is 11.6. The topological polar surface area (TPSA) is 397 Å². The van der Waals surface area contributed by atoms with Gasteiger partial charge in [0.25, 0.3) is 0 Å². The number of carbonyl (C=O) groups is 3. The summed E-state index contributed by atoms with van der Waals surface area (Å²) in [5, 5.41) is 71.1. The molecule has 14 aromatic rings. The summed E-state index contributed by atoms with van der Waals surface area (Å²) in [6, 6.07) is 45.8. The molecule has 32 heteroatoms. The maximum atomic E-state index is 11.6. The first kappa shape index (κ1) is 72.7. The van der Waals surface area contributed by atoms with Gasteiger partial charge in [-0.3, -0.25) is 44.4 Å². The average Bonchev–Trinajstić information content (AvgIpc) is 1.64. The summed E-state index contributed by atoms with van der Waals surface area (Å²) in [6.45, 7) is 17.8. The molecule has 3 fully saturated rings. The minimum atomic E-state index is -2.07. The van der Waals surface area contributed by atoms with Crippen molar-refractivity contribution < 1.29 is 24.3 Å². The zero-order chi connectivity index (χ0) is 74.2. The van der Waals surface area contributed by atoms with Gasteiger partial charge in [0.2, 0.25) is 23.5 Å². The molecule has 3 aliphatic heterocycles. The number of aliphatic hydroxyl groups is 1. The van der Waals surface area contributed by atoms with Crippen molar-refractivity contribution in [1.29, 1.82) is 5.26 Å². The number of tetrazole rings is 2. The van der Waals surface area contributed by atoms with Crippen molar-refractivity contribution in [3.63, 3.8) is 0 Å². The van der Waals surface area contributed by atoms with E-state index in [2.05, 4.69) is 204 Å². The molecule has 6 aromatic carbocycles. The molecule has 9 N–H and O–H groups in total. The molecular formula is C74H84N27O4Sn+. The summed E-state index contributed by atoms with van der Waals surface area (Å²) in [5.74, 6) is 1.67. The van der Waals surface area contributed by atoms with E-state index in [1.165, 1.54) is 16.7 Å². The van der Waals surface area contributed by atoms with Crippen LogP contribution in [0, 0.1) is 11.3 Å². The van der Waals surface area contributed by atoms with E-state index in [0.717, 1.165) is 216 Å². The molecule has 3 amide bonds. The van der Waals surface area contributed by atoms with Crippen LogP contribution in [0.1, 0.15) is 43.0 Å². The van der Waals surface area contributed by atoms with Crippen LogP contribution in [0.4, 0.5) is 0 Å². The van der Waals surface area contributed by atoms with E-state index < -0.39 is 18.7 Å². The Balaban J connectivity index is 0.000000133. The predicted molar refractivity (Wildman–Crippen MR) is 408 cm³/mol. The van der Waals surface area contributed by atoms with E-state index in [-0.39, 0.29) is 17.7 Å². The molecule has 0 bridgehead atoms. The van der Waals surface area contributed by atoms with Gasteiger partial charge in [0, 0.05) is 180 Å². The molecule has 0 atom stereocenters. The monoisotopic (exact) mass is 1530 g/mol. The quantitative estimate of drug-likeness (QED) is 0.0181. The van der Waals surface area contributed by atoms with Crippen LogP contribution in [-0.2, 0) is 41.1 Å². The third-order valence-electron chi connectivity index (χ3n) is 19.1. The van der Waals surface area contributed by atoms with Gasteiger partial charge in [-0.1, -0.05) is 29.1 Å². The molecule has 106 heavy (non-hydrogen) atoms. The molecule has 0 radical (unpaired) electrons. The van der Waals surface area contributed by atoms with E-state index in [1.807, 2.05) is 63.2 Å². The number of fused-ring (bicyclic) bond motifs is 6. The van der Waals surface area contributed by atoms with Crippen molar-refractivity contribution in [2.24, 2.45) is 10.4 Å². The number of nitrogens with one attached hydrogen (secondary N) is 8. The van der Waals surface area contributed by atoms with Gasteiger partial charge < -0.3 is 34.8 Å². The summed E-state index contributed by atoms with van der Waals surface area (Å²) in [6.07, 6.45) is 0. The molecule has 3 saturated heterocycles. The van der Waals surface area contributed by atoms with Gasteiger partial charge >= 0.3 is 53.1 Å². The van der Waals surface area contributed by atoms with Gasteiger partial charge in [-0.2, -0.15) is 25.8 Å². The molecule has 31 nitrogen and oxygen atoms in total. The van der Waals surface area contributed by atoms with Crippen molar-refractivity contribution >= 4 is 102 Å². The van der Waals surface area contributed by atoms with Crippen LogP contribution < -0.4 is 4.80 Å². The van der Waals surface area contributed by atoms with E-state index in [4.69, 9.17) is 15.9 Å². The third kappa shape index (κ3) is 16.9. The first-order chi connectivity index (χ1) is 51.3. The van der Waals surface area contributed by atoms with Gasteiger partial charge in [-0.25, -0.2) is 0 Å².